The maximum Gasteiger partial charge on any atom is 0.348 e. The Morgan fingerprint density at radius 2 is 2.53 bits per heavy atom. The van der Waals surface area contributed by atoms with Crippen LogP contribution in [0.5, 0.6) is 0 Å². The molecular formula is C9H10N2O3S. The first-order valence-corrected chi connectivity index (χ1v) is 5.68. The molecule has 2 aliphatic heterocycles. The maximum absolute atomic E-state index is 11.8. The van der Waals surface area contributed by atoms with E-state index in [0.717, 1.165) is 0 Å². The van der Waals surface area contributed by atoms with Crippen molar-refractivity contribution in [1.82, 2.24) is 4.90 Å². The average Bonchev–Trinajstić information content (AvgIpc) is 2.57. The van der Waals surface area contributed by atoms with Crippen LogP contribution in [0.25, 0.3) is 0 Å². The molecule has 0 saturated carbocycles. The van der Waals surface area contributed by atoms with Gasteiger partial charge in [0.1, 0.15) is 4.86 Å². The van der Waals surface area contributed by atoms with E-state index in [1.54, 1.807) is 30.3 Å². The Labute approximate surface area is 88.7 Å². The van der Waals surface area contributed by atoms with Gasteiger partial charge in [0.15, 0.2) is 0 Å². The fraction of sp³-hybridized carbons (Fsp3) is 0.333. The Morgan fingerprint density at radius 1 is 1.73 bits per heavy atom. The molecule has 0 fully saturated rings. The molecule has 2 rings (SSSR count). The van der Waals surface area contributed by atoms with Crippen LogP contribution in [0.1, 0.15) is 6.92 Å². The highest BCUT2D eigenvalue weighted by Gasteiger charge is 2.26. The topological polar surface area (TPSA) is 59.0 Å². The lowest BCUT2D eigenvalue weighted by molar-refractivity contribution is -0.134. The number of aliphatic imine (C=N–C) groups is 1. The van der Waals surface area contributed by atoms with E-state index in [0.29, 0.717) is 11.7 Å². The molecule has 6 heteroatoms. The van der Waals surface area contributed by atoms with Crippen molar-refractivity contribution in [3.8, 4) is 0 Å². The van der Waals surface area contributed by atoms with Crippen LogP contribution in [0.3, 0.4) is 0 Å². The van der Waals surface area contributed by atoms with Gasteiger partial charge in [-0.1, -0.05) is 0 Å². The van der Waals surface area contributed by atoms with Gasteiger partial charge >= 0.3 is 5.97 Å². The molecule has 0 aliphatic carbocycles. The highest BCUT2D eigenvalue weighted by molar-refractivity contribution is 7.86. The van der Waals surface area contributed by atoms with Crippen LogP contribution in [-0.4, -0.2) is 44.4 Å². The number of allylic oxidation sites excluding steroid dienone is 1. The fourth-order valence-corrected chi connectivity index (χ4v) is 2.52. The second-order valence-electron chi connectivity index (χ2n) is 2.94. The van der Waals surface area contributed by atoms with E-state index in [2.05, 4.69) is 4.99 Å². The first kappa shape index (κ1) is 9.97. The number of hydrogen-bond acceptors (Lipinski definition) is 5. The van der Waals surface area contributed by atoms with Gasteiger partial charge in [-0.05, 0) is 13.0 Å². The van der Waals surface area contributed by atoms with Crippen molar-refractivity contribution >= 4 is 32.1 Å². The summed E-state index contributed by atoms with van der Waals surface area (Å²) in [5.74, 6) is -0.499. The van der Waals surface area contributed by atoms with Crippen LogP contribution in [0.4, 0.5) is 0 Å². The second-order valence-corrected chi connectivity index (χ2v) is 4.34. The van der Waals surface area contributed by atoms with Crippen LogP contribution in [0.15, 0.2) is 17.3 Å². The number of rotatable bonds is 2. The Kier molecular flexibility index (Phi) is 2.59. The van der Waals surface area contributed by atoms with E-state index in [9.17, 15) is 9.00 Å². The highest BCUT2D eigenvalue weighted by Crippen LogP contribution is 2.06. The zero-order valence-electron chi connectivity index (χ0n) is 8.17. The van der Waals surface area contributed by atoms with E-state index in [1.165, 1.54) is 0 Å². The lowest BCUT2D eigenvalue weighted by Gasteiger charge is -2.14. The van der Waals surface area contributed by atoms with Crippen molar-refractivity contribution in [2.24, 2.45) is 4.99 Å². The van der Waals surface area contributed by atoms with Crippen molar-refractivity contribution < 1.29 is 13.7 Å². The SMILES string of the molecule is CCOC(=O)C1=S(=O)=C2N=CC=CN2C1. The fourth-order valence-electron chi connectivity index (χ4n) is 1.34. The number of carbonyl (C=O) groups excluding carboxylic acids is 1. The Morgan fingerprint density at radius 3 is 3.20 bits per heavy atom. The predicted octanol–water partition coefficient (Wildman–Crippen LogP) is -0.528. The predicted molar refractivity (Wildman–Crippen MR) is 59.1 cm³/mol. The van der Waals surface area contributed by atoms with Crippen molar-refractivity contribution in [1.29, 1.82) is 0 Å². The molecule has 0 unspecified atom stereocenters. The Bertz CT molecular complexity index is 501. The molecule has 2 heterocycles. The zero-order valence-corrected chi connectivity index (χ0v) is 8.99. The third kappa shape index (κ3) is 1.68. The van der Waals surface area contributed by atoms with Gasteiger partial charge in [0.05, 0.1) is 23.1 Å². The summed E-state index contributed by atoms with van der Waals surface area (Å²) in [6, 6.07) is 0. The zero-order chi connectivity index (χ0) is 10.8. The minimum atomic E-state index is -1.47. The van der Waals surface area contributed by atoms with E-state index in [4.69, 9.17) is 4.74 Å². The molecule has 0 amide bonds. The minimum absolute atomic E-state index is 0.260. The summed E-state index contributed by atoms with van der Waals surface area (Å²) in [6.45, 7) is 2.30. The number of hydrogen-bond donors (Lipinski definition) is 0. The molecule has 0 aromatic carbocycles. The first-order valence-electron chi connectivity index (χ1n) is 4.53. The highest BCUT2D eigenvalue weighted by atomic mass is 32.1. The van der Waals surface area contributed by atoms with Gasteiger partial charge in [-0.3, -0.25) is 0 Å². The first-order chi connectivity index (χ1) is 7.24. The molecule has 0 atom stereocenters. The number of fused-ring (bicyclic) bond motifs is 1. The lowest BCUT2D eigenvalue weighted by atomic mass is 10.4. The summed E-state index contributed by atoms with van der Waals surface area (Å²) >= 11 is 0. The maximum atomic E-state index is 11.8. The molecule has 0 radical (unpaired) electrons. The van der Waals surface area contributed by atoms with Crippen LogP contribution < -0.4 is 0 Å². The summed E-state index contributed by atoms with van der Waals surface area (Å²) in [7, 11) is -1.47. The molecule has 0 N–H and O–H groups in total. The smallest absolute Gasteiger partial charge is 0.348 e. The summed E-state index contributed by atoms with van der Waals surface area (Å²) in [5, 5.41) is 0.403. The third-order valence-corrected chi connectivity index (χ3v) is 3.40. The van der Waals surface area contributed by atoms with Crippen LogP contribution in [-0.2, 0) is 19.5 Å². The van der Waals surface area contributed by atoms with Gasteiger partial charge in [-0.2, -0.15) is 0 Å². The van der Waals surface area contributed by atoms with E-state index < -0.39 is 15.9 Å². The van der Waals surface area contributed by atoms with Gasteiger partial charge in [0, 0.05) is 12.4 Å². The van der Waals surface area contributed by atoms with E-state index >= 15 is 0 Å². The van der Waals surface area contributed by atoms with Crippen LogP contribution >= 0.6 is 0 Å². The van der Waals surface area contributed by atoms with Crippen LogP contribution in [0.2, 0.25) is 0 Å². The van der Waals surface area contributed by atoms with E-state index in [1.807, 2.05) is 0 Å². The van der Waals surface area contributed by atoms with Gasteiger partial charge in [-0.15, -0.1) is 0 Å². The Balaban J connectivity index is 2.38. The van der Waals surface area contributed by atoms with Crippen molar-refractivity contribution in [3.63, 3.8) is 0 Å². The van der Waals surface area contributed by atoms with Gasteiger partial charge in [0.25, 0.3) is 0 Å². The summed E-state index contributed by atoms with van der Waals surface area (Å²) in [5.41, 5.74) is 0. The van der Waals surface area contributed by atoms with Gasteiger partial charge in [0.2, 0.25) is 5.11 Å². The molecule has 0 spiro atoms. The molecule has 5 nitrogen and oxygen atoms in total. The molecule has 0 aromatic rings. The lowest BCUT2D eigenvalue weighted by Crippen LogP contribution is -2.29. The van der Waals surface area contributed by atoms with Gasteiger partial charge in [-0.25, -0.2) is 14.0 Å². The quantitative estimate of drug-likeness (QED) is 0.469. The van der Waals surface area contributed by atoms with Gasteiger partial charge < -0.3 is 9.64 Å². The monoisotopic (exact) mass is 226 g/mol. The second kappa shape index (κ2) is 3.90. The molecule has 80 valence electrons. The molecule has 0 saturated heterocycles. The van der Waals surface area contributed by atoms with Crippen molar-refractivity contribution in [2.75, 3.05) is 13.2 Å². The molecule has 0 aromatic heterocycles. The number of nitrogens with zero attached hydrogens (tertiary/aromatic N) is 2. The number of carbonyl (C=O) groups is 1. The largest absolute Gasteiger partial charge is 0.462 e. The average molecular weight is 226 g/mol. The minimum Gasteiger partial charge on any atom is -0.462 e. The van der Waals surface area contributed by atoms with E-state index in [-0.39, 0.29) is 11.5 Å². The normalized spacial score (nSPS) is 18.5. The third-order valence-electron chi connectivity index (χ3n) is 1.99. The molecule has 15 heavy (non-hydrogen) atoms. The summed E-state index contributed by atoms with van der Waals surface area (Å²) < 4.78 is 16.6. The Hall–Kier alpha value is -1.56. The number of esters is 1. The standard InChI is InChI=1S/C9H10N2O3S/c1-2-14-8(12)7-6-11-5-3-4-10-9(11)15(7)13/h3-5H,2,6H2,1H3. The van der Waals surface area contributed by atoms with Crippen LogP contribution in [0, 0.1) is 0 Å². The van der Waals surface area contributed by atoms with Crippen molar-refractivity contribution in [3.05, 3.63) is 12.3 Å². The summed E-state index contributed by atoms with van der Waals surface area (Å²) in [6.07, 6.45) is 5.03. The molecule has 0 bridgehead atoms. The molecular weight excluding hydrogens is 216 g/mol. The molecule has 2 aliphatic rings. The number of ether oxygens (including phenoxy) is 1. The van der Waals surface area contributed by atoms with Crippen molar-refractivity contribution in [2.45, 2.75) is 6.92 Å². The summed E-state index contributed by atoms with van der Waals surface area (Å²) in [4.78, 5) is 17.3.